The molecule has 0 radical (unpaired) electrons. The Labute approximate surface area is 267 Å². The fourth-order valence-corrected chi connectivity index (χ4v) is 8.30. The first-order chi connectivity index (χ1) is 21.5. The van der Waals surface area contributed by atoms with Crippen LogP contribution in [0.25, 0.3) is 11.0 Å². The van der Waals surface area contributed by atoms with Crippen LogP contribution in [0.5, 0.6) is 0 Å². The molecule has 12 heteroatoms. The van der Waals surface area contributed by atoms with Crippen molar-refractivity contribution in [2.75, 3.05) is 6.54 Å². The van der Waals surface area contributed by atoms with Gasteiger partial charge in [-0.1, -0.05) is 62.7 Å². The molecule has 5 rings (SSSR count). The van der Waals surface area contributed by atoms with Crippen molar-refractivity contribution in [2.24, 2.45) is 17.1 Å². The number of nitrogens with zero attached hydrogens (tertiary/aromatic N) is 4. The van der Waals surface area contributed by atoms with Crippen molar-refractivity contribution in [2.45, 2.75) is 84.5 Å². The number of hydrogen-bond donors (Lipinski definition) is 1. The molecule has 0 fully saturated rings. The number of nitrogens with two attached hydrogens (primary N) is 1. The molecule has 1 amide bonds. The Bertz CT molecular complexity index is 1920. The van der Waals surface area contributed by atoms with E-state index in [2.05, 4.69) is 10.3 Å². The number of aromatic nitrogens is 3. The lowest BCUT2D eigenvalue weighted by Crippen LogP contribution is -2.38. The fourth-order valence-electron chi connectivity index (χ4n) is 6.55. The molecule has 0 bridgehead atoms. The van der Waals surface area contributed by atoms with Gasteiger partial charge in [0.05, 0.1) is 21.4 Å². The highest BCUT2D eigenvalue weighted by atomic mass is 32.2. The van der Waals surface area contributed by atoms with Crippen LogP contribution < -0.4 is 5.73 Å². The molecule has 2 N–H and O–H groups in total. The monoisotopic (exact) mass is 655 g/mol. The summed E-state index contributed by atoms with van der Waals surface area (Å²) in [6, 6.07) is 12.6. The van der Waals surface area contributed by atoms with E-state index in [4.69, 9.17) is 5.73 Å². The van der Waals surface area contributed by atoms with Crippen LogP contribution in [0.4, 0.5) is 13.2 Å². The Morgan fingerprint density at radius 2 is 1.78 bits per heavy atom. The van der Waals surface area contributed by atoms with E-state index in [9.17, 15) is 26.4 Å². The second-order valence-corrected chi connectivity index (χ2v) is 14.8. The van der Waals surface area contributed by atoms with Crippen molar-refractivity contribution in [1.29, 1.82) is 0 Å². The summed E-state index contributed by atoms with van der Waals surface area (Å²) in [5, 5.41) is 8.65. The van der Waals surface area contributed by atoms with Crippen molar-refractivity contribution in [3.05, 3.63) is 87.5 Å². The van der Waals surface area contributed by atoms with E-state index in [0.717, 1.165) is 45.4 Å². The number of benzene rings is 3. The van der Waals surface area contributed by atoms with Crippen molar-refractivity contribution in [3.63, 3.8) is 0 Å². The molecule has 1 aliphatic rings. The first kappa shape index (κ1) is 33.6. The second-order valence-electron chi connectivity index (χ2n) is 12.9. The van der Waals surface area contributed by atoms with Gasteiger partial charge in [0, 0.05) is 25.6 Å². The summed E-state index contributed by atoms with van der Waals surface area (Å²) in [5.74, 6) is -1.10. The Morgan fingerprint density at radius 3 is 2.41 bits per heavy atom. The van der Waals surface area contributed by atoms with Crippen LogP contribution in [0.15, 0.2) is 53.4 Å². The first-order valence-corrected chi connectivity index (χ1v) is 16.9. The van der Waals surface area contributed by atoms with Gasteiger partial charge in [-0.3, -0.25) is 4.79 Å². The SMILES string of the molecule is CC[C@H]1Cc2ccc(C(F)(F)F)cc2S(=O)(=O)N(Cc2cc([C@@H](c3ccc4c(nnn4CC)c3C)C(C)(C)C(N)=O)ccc2C)C1. The van der Waals surface area contributed by atoms with Gasteiger partial charge in [-0.15, -0.1) is 5.10 Å². The summed E-state index contributed by atoms with van der Waals surface area (Å²) in [5.41, 5.74) is 9.87. The van der Waals surface area contributed by atoms with Gasteiger partial charge in [0.15, 0.2) is 0 Å². The van der Waals surface area contributed by atoms with Crippen molar-refractivity contribution >= 4 is 27.0 Å². The van der Waals surface area contributed by atoms with Crippen molar-refractivity contribution < 1.29 is 26.4 Å². The zero-order chi connectivity index (χ0) is 33.8. The minimum Gasteiger partial charge on any atom is -0.369 e. The lowest BCUT2D eigenvalue weighted by atomic mass is 9.69. The quantitative estimate of drug-likeness (QED) is 0.233. The minimum atomic E-state index is -4.68. The highest BCUT2D eigenvalue weighted by molar-refractivity contribution is 7.89. The summed E-state index contributed by atoms with van der Waals surface area (Å²) < 4.78 is 72.1. The van der Waals surface area contributed by atoms with E-state index < -0.39 is 39.0 Å². The Hall–Kier alpha value is -3.77. The Kier molecular flexibility index (Phi) is 8.84. The van der Waals surface area contributed by atoms with Crippen LogP contribution in [-0.4, -0.2) is 40.2 Å². The van der Waals surface area contributed by atoms with Gasteiger partial charge < -0.3 is 5.73 Å². The summed E-state index contributed by atoms with van der Waals surface area (Å²) >= 11 is 0. The normalized spacial score (nSPS) is 17.9. The number of carbonyl (C=O) groups excluding carboxylic acids is 1. The molecule has 0 saturated carbocycles. The van der Waals surface area contributed by atoms with Gasteiger partial charge >= 0.3 is 6.18 Å². The predicted molar refractivity (Wildman–Crippen MR) is 170 cm³/mol. The molecule has 2 heterocycles. The summed E-state index contributed by atoms with van der Waals surface area (Å²) in [7, 11) is -4.28. The van der Waals surface area contributed by atoms with Crippen LogP contribution in [0.3, 0.4) is 0 Å². The van der Waals surface area contributed by atoms with Gasteiger partial charge in [-0.2, -0.15) is 17.5 Å². The second kappa shape index (κ2) is 12.1. The van der Waals surface area contributed by atoms with Gasteiger partial charge in [-0.05, 0) is 84.7 Å². The summed E-state index contributed by atoms with van der Waals surface area (Å²) in [6.07, 6.45) is -3.66. The molecule has 46 heavy (non-hydrogen) atoms. The van der Waals surface area contributed by atoms with Gasteiger partial charge in [0.2, 0.25) is 15.9 Å². The molecule has 0 spiro atoms. The van der Waals surface area contributed by atoms with Crippen LogP contribution in [0.1, 0.15) is 79.0 Å². The smallest absolute Gasteiger partial charge is 0.369 e. The molecule has 2 atom stereocenters. The molecule has 1 aromatic heterocycles. The molecule has 0 aliphatic carbocycles. The lowest BCUT2D eigenvalue weighted by molar-refractivity contribution is -0.137. The highest BCUT2D eigenvalue weighted by Crippen LogP contribution is 2.44. The number of rotatable bonds is 8. The fraction of sp³-hybridized carbons (Fsp3) is 0.441. The van der Waals surface area contributed by atoms with E-state index in [-0.39, 0.29) is 23.9 Å². The van der Waals surface area contributed by atoms with E-state index in [0.29, 0.717) is 30.5 Å². The number of alkyl halides is 3. The number of sulfonamides is 1. The van der Waals surface area contributed by atoms with Crippen molar-refractivity contribution in [1.82, 2.24) is 19.3 Å². The van der Waals surface area contributed by atoms with Crippen LogP contribution in [0.2, 0.25) is 0 Å². The topological polar surface area (TPSA) is 111 Å². The van der Waals surface area contributed by atoms with Gasteiger partial charge in [0.1, 0.15) is 5.52 Å². The number of amides is 1. The average molecular weight is 656 g/mol. The predicted octanol–water partition coefficient (Wildman–Crippen LogP) is 6.50. The van der Waals surface area contributed by atoms with Crippen molar-refractivity contribution in [3.8, 4) is 0 Å². The molecule has 246 valence electrons. The number of carbonyl (C=O) groups is 1. The zero-order valence-electron chi connectivity index (χ0n) is 26.9. The van der Waals surface area contributed by atoms with Crippen LogP contribution in [0, 0.1) is 25.2 Å². The third-order valence-corrected chi connectivity index (χ3v) is 11.5. The van der Waals surface area contributed by atoms with E-state index in [1.165, 1.54) is 10.4 Å². The number of aryl methyl sites for hydroxylation is 3. The molecular formula is C34H40F3N5O3S. The molecule has 8 nitrogen and oxygen atoms in total. The molecule has 3 aromatic carbocycles. The molecular weight excluding hydrogens is 615 g/mol. The zero-order valence-corrected chi connectivity index (χ0v) is 27.8. The standard InChI is InChI=1S/C34H40F3N5O3S/c1-7-22-15-23-11-12-26(34(35,36)37)17-29(23)46(44,45)41(18-22)19-25-16-24(10-9-20(25)3)30(33(5,6)32(38)43)27-13-14-28-31(21(27)4)39-40-42(28)8-2/h9-14,16-17,22,30H,7-8,15,18-19H2,1-6H3,(H2,38,43)/t22-,30-/m0/s1. The third-order valence-electron chi connectivity index (χ3n) is 9.56. The molecule has 4 aromatic rings. The highest BCUT2D eigenvalue weighted by Gasteiger charge is 2.40. The first-order valence-electron chi connectivity index (χ1n) is 15.4. The Balaban J connectivity index is 1.62. The van der Waals surface area contributed by atoms with Gasteiger partial charge in [0.25, 0.3) is 0 Å². The summed E-state index contributed by atoms with van der Waals surface area (Å²) in [6.45, 7) is 12.1. The molecule has 1 aliphatic heterocycles. The minimum absolute atomic E-state index is 0.0409. The van der Waals surface area contributed by atoms with Crippen LogP contribution in [-0.2, 0) is 40.5 Å². The number of primary amides is 1. The van der Waals surface area contributed by atoms with E-state index >= 15 is 0 Å². The van der Waals surface area contributed by atoms with Crippen LogP contribution >= 0.6 is 0 Å². The average Bonchev–Trinajstić information content (AvgIpc) is 3.38. The Morgan fingerprint density at radius 1 is 1.07 bits per heavy atom. The van der Waals surface area contributed by atoms with E-state index in [1.807, 2.05) is 58.0 Å². The lowest BCUT2D eigenvalue weighted by Gasteiger charge is -2.34. The number of halogens is 3. The maximum Gasteiger partial charge on any atom is 0.416 e. The largest absolute Gasteiger partial charge is 0.416 e. The number of fused-ring (bicyclic) bond motifs is 2. The third kappa shape index (κ3) is 5.92. The molecule has 0 unspecified atom stereocenters. The van der Waals surface area contributed by atoms with Gasteiger partial charge in [-0.25, -0.2) is 13.1 Å². The summed E-state index contributed by atoms with van der Waals surface area (Å²) in [4.78, 5) is 12.6. The maximum atomic E-state index is 14.0. The van der Waals surface area contributed by atoms with E-state index in [1.54, 1.807) is 18.5 Å². The number of hydrogen-bond acceptors (Lipinski definition) is 5. The molecule has 0 saturated heterocycles. The maximum absolute atomic E-state index is 14.0.